The van der Waals surface area contributed by atoms with Gasteiger partial charge in [-0.15, -0.1) is 0 Å². The SMILES string of the molecule is CCOc1ccc(Oc2cc(CNCc3cn[nH]c3C)ccn2)cc1. The first-order chi connectivity index (χ1) is 12.2. The Morgan fingerprint density at radius 3 is 2.60 bits per heavy atom. The summed E-state index contributed by atoms with van der Waals surface area (Å²) in [5, 5.41) is 10.4. The zero-order chi connectivity index (χ0) is 17.5. The summed E-state index contributed by atoms with van der Waals surface area (Å²) in [5.74, 6) is 2.13. The summed E-state index contributed by atoms with van der Waals surface area (Å²) < 4.78 is 11.2. The molecule has 0 fully saturated rings. The molecular formula is C19H22N4O2. The summed E-state index contributed by atoms with van der Waals surface area (Å²) in [5.41, 5.74) is 3.36. The molecule has 0 unspecified atom stereocenters. The lowest BCUT2D eigenvalue weighted by Crippen LogP contribution is -2.13. The third-order valence-electron chi connectivity index (χ3n) is 3.74. The topological polar surface area (TPSA) is 72.1 Å². The minimum absolute atomic E-state index is 0.572. The van der Waals surface area contributed by atoms with Crippen LogP contribution in [0.25, 0.3) is 0 Å². The van der Waals surface area contributed by atoms with Gasteiger partial charge in [-0.1, -0.05) is 0 Å². The van der Waals surface area contributed by atoms with E-state index in [1.807, 2.05) is 56.4 Å². The molecule has 0 aliphatic rings. The van der Waals surface area contributed by atoms with Crippen molar-refractivity contribution < 1.29 is 9.47 Å². The Morgan fingerprint density at radius 2 is 1.88 bits per heavy atom. The van der Waals surface area contributed by atoms with Gasteiger partial charge in [-0.2, -0.15) is 5.10 Å². The number of nitrogens with one attached hydrogen (secondary N) is 2. The van der Waals surface area contributed by atoms with E-state index >= 15 is 0 Å². The number of aromatic amines is 1. The fraction of sp³-hybridized carbons (Fsp3) is 0.263. The molecule has 0 saturated carbocycles. The van der Waals surface area contributed by atoms with Gasteiger partial charge < -0.3 is 14.8 Å². The van der Waals surface area contributed by atoms with E-state index < -0.39 is 0 Å². The Kier molecular flexibility index (Phi) is 5.64. The van der Waals surface area contributed by atoms with Crippen LogP contribution in [0, 0.1) is 6.92 Å². The second-order valence-electron chi connectivity index (χ2n) is 5.63. The highest BCUT2D eigenvalue weighted by Crippen LogP contribution is 2.23. The van der Waals surface area contributed by atoms with Crippen LogP contribution >= 0.6 is 0 Å². The smallest absolute Gasteiger partial charge is 0.219 e. The summed E-state index contributed by atoms with van der Waals surface area (Å²) >= 11 is 0. The van der Waals surface area contributed by atoms with Gasteiger partial charge in [0, 0.05) is 36.6 Å². The number of H-pyrrole nitrogens is 1. The van der Waals surface area contributed by atoms with E-state index in [4.69, 9.17) is 9.47 Å². The molecule has 3 aromatic rings. The fourth-order valence-electron chi connectivity index (χ4n) is 2.40. The number of ether oxygens (including phenoxy) is 2. The number of nitrogens with zero attached hydrogens (tertiary/aromatic N) is 2. The highest BCUT2D eigenvalue weighted by molar-refractivity contribution is 5.34. The molecule has 6 nitrogen and oxygen atoms in total. The maximum atomic E-state index is 5.81. The maximum Gasteiger partial charge on any atom is 0.219 e. The van der Waals surface area contributed by atoms with E-state index in [0.29, 0.717) is 12.5 Å². The summed E-state index contributed by atoms with van der Waals surface area (Å²) in [7, 11) is 0. The normalized spacial score (nSPS) is 10.6. The number of aryl methyl sites for hydroxylation is 1. The van der Waals surface area contributed by atoms with Gasteiger partial charge in [-0.25, -0.2) is 4.98 Å². The molecule has 1 aromatic carbocycles. The van der Waals surface area contributed by atoms with Crippen molar-refractivity contribution in [3.8, 4) is 17.4 Å². The highest BCUT2D eigenvalue weighted by Gasteiger charge is 2.03. The molecular weight excluding hydrogens is 316 g/mol. The van der Waals surface area contributed by atoms with Crippen LogP contribution in [0.3, 0.4) is 0 Å². The van der Waals surface area contributed by atoms with E-state index in [1.165, 1.54) is 5.56 Å². The standard InChI is InChI=1S/C19H22N4O2/c1-3-24-17-4-6-18(7-5-17)25-19-10-15(8-9-21-19)11-20-12-16-13-22-23-14(16)2/h4-10,13,20H,3,11-12H2,1-2H3,(H,22,23). The van der Waals surface area contributed by atoms with Crippen molar-refractivity contribution in [2.24, 2.45) is 0 Å². The van der Waals surface area contributed by atoms with Crippen molar-refractivity contribution in [2.45, 2.75) is 26.9 Å². The molecule has 2 N–H and O–H groups in total. The number of pyridine rings is 1. The second kappa shape index (κ2) is 8.30. The van der Waals surface area contributed by atoms with Crippen molar-refractivity contribution in [1.82, 2.24) is 20.5 Å². The first-order valence-electron chi connectivity index (χ1n) is 8.30. The molecule has 0 bridgehead atoms. The van der Waals surface area contributed by atoms with Crippen molar-refractivity contribution in [1.29, 1.82) is 0 Å². The molecule has 2 heterocycles. The Morgan fingerprint density at radius 1 is 1.08 bits per heavy atom. The predicted molar refractivity (Wildman–Crippen MR) is 95.8 cm³/mol. The summed E-state index contributed by atoms with van der Waals surface area (Å²) in [6, 6.07) is 11.4. The molecule has 0 aliphatic heterocycles. The number of hydrogen-bond acceptors (Lipinski definition) is 5. The molecule has 0 spiro atoms. The van der Waals surface area contributed by atoms with E-state index in [1.54, 1.807) is 6.20 Å². The fourth-order valence-corrected chi connectivity index (χ4v) is 2.40. The molecule has 0 saturated heterocycles. The third kappa shape index (κ3) is 4.81. The van der Waals surface area contributed by atoms with Gasteiger partial charge in [0.2, 0.25) is 5.88 Å². The van der Waals surface area contributed by atoms with Gasteiger partial charge >= 0.3 is 0 Å². The number of aromatic nitrogens is 3. The average Bonchev–Trinajstić information content (AvgIpc) is 3.02. The largest absolute Gasteiger partial charge is 0.494 e. The van der Waals surface area contributed by atoms with Gasteiger partial charge in [0.15, 0.2) is 0 Å². The van der Waals surface area contributed by atoms with Crippen LogP contribution in [0.4, 0.5) is 0 Å². The summed E-state index contributed by atoms with van der Waals surface area (Å²) in [6.07, 6.45) is 3.60. The zero-order valence-electron chi connectivity index (χ0n) is 14.5. The molecule has 3 rings (SSSR count). The monoisotopic (exact) mass is 338 g/mol. The first-order valence-corrected chi connectivity index (χ1v) is 8.30. The molecule has 0 atom stereocenters. The Hall–Kier alpha value is -2.86. The van der Waals surface area contributed by atoms with Gasteiger partial charge in [-0.05, 0) is 49.7 Å². The molecule has 6 heteroatoms. The lowest BCUT2D eigenvalue weighted by molar-refractivity contribution is 0.339. The van der Waals surface area contributed by atoms with Crippen molar-refractivity contribution in [3.63, 3.8) is 0 Å². The van der Waals surface area contributed by atoms with Crippen LogP contribution in [-0.2, 0) is 13.1 Å². The van der Waals surface area contributed by atoms with Crippen LogP contribution in [0.2, 0.25) is 0 Å². The van der Waals surface area contributed by atoms with Crippen molar-refractivity contribution >= 4 is 0 Å². The van der Waals surface area contributed by atoms with Gasteiger partial charge in [-0.3, -0.25) is 5.10 Å². The van der Waals surface area contributed by atoms with Crippen molar-refractivity contribution in [3.05, 3.63) is 65.6 Å². The van der Waals surface area contributed by atoms with E-state index in [9.17, 15) is 0 Å². The highest BCUT2D eigenvalue weighted by atomic mass is 16.5. The Balaban J connectivity index is 1.56. The summed E-state index contributed by atoms with van der Waals surface area (Å²) in [6.45, 7) is 6.11. The lowest BCUT2D eigenvalue weighted by atomic mass is 10.2. The zero-order valence-corrected chi connectivity index (χ0v) is 14.5. The number of rotatable bonds is 8. The van der Waals surface area contributed by atoms with Crippen molar-refractivity contribution in [2.75, 3.05) is 6.61 Å². The first kappa shape index (κ1) is 17.0. The van der Waals surface area contributed by atoms with Crippen LogP contribution in [0.5, 0.6) is 17.4 Å². The lowest BCUT2D eigenvalue weighted by Gasteiger charge is -2.08. The Labute approximate surface area is 147 Å². The second-order valence-corrected chi connectivity index (χ2v) is 5.63. The average molecular weight is 338 g/mol. The van der Waals surface area contributed by atoms with Gasteiger partial charge in [0.1, 0.15) is 11.5 Å². The maximum absolute atomic E-state index is 5.81. The third-order valence-corrected chi connectivity index (χ3v) is 3.74. The van der Waals surface area contributed by atoms with Crippen LogP contribution in [0.1, 0.15) is 23.7 Å². The number of benzene rings is 1. The quantitative estimate of drug-likeness (QED) is 0.657. The Bertz CT molecular complexity index is 799. The molecule has 0 radical (unpaired) electrons. The van der Waals surface area contributed by atoms with Crippen LogP contribution in [-0.4, -0.2) is 21.8 Å². The van der Waals surface area contributed by atoms with E-state index in [-0.39, 0.29) is 0 Å². The summed E-state index contributed by atoms with van der Waals surface area (Å²) in [4.78, 5) is 4.27. The minimum Gasteiger partial charge on any atom is -0.494 e. The minimum atomic E-state index is 0.572. The van der Waals surface area contributed by atoms with E-state index in [2.05, 4.69) is 20.5 Å². The van der Waals surface area contributed by atoms with E-state index in [0.717, 1.165) is 35.8 Å². The van der Waals surface area contributed by atoms with Gasteiger partial charge in [0.05, 0.1) is 12.8 Å². The molecule has 25 heavy (non-hydrogen) atoms. The van der Waals surface area contributed by atoms with Crippen LogP contribution < -0.4 is 14.8 Å². The number of hydrogen-bond donors (Lipinski definition) is 2. The molecule has 2 aromatic heterocycles. The van der Waals surface area contributed by atoms with Gasteiger partial charge in [0.25, 0.3) is 0 Å². The molecule has 0 aliphatic carbocycles. The van der Waals surface area contributed by atoms with Crippen LogP contribution in [0.15, 0.2) is 48.8 Å². The predicted octanol–water partition coefficient (Wildman–Crippen LogP) is 3.59. The molecule has 0 amide bonds. The molecule has 130 valence electrons.